The number of carbonyl (C=O) groups is 2. The summed E-state index contributed by atoms with van der Waals surface area (Å²) in [4.78, 5) is 36.2. The number of hydrogen-bond acceptors (Lipinski definition) is 4. The van der Waals surface area contributed by atoms with Crippen LogP contribution in [0, 0.1) is 11.8 Å². The summed E-state index contributed by atoms with van der Waals surface area (Å²) in [5.41, 5.74) is 6.25. The lowest BCUT2D eigenvalue weighted by Crippen LogP contribution is -2.54. The van der Waals surface area contributed by atoms with E-state index in [0.717, 1.165) is 60.7 Å². The van der Waals surface area contributed by atoms with E-state index in [1.54, 1.807) is 0 Å². The average molecular weight is 595 g/mol. The van der Waals surface area contributed by atoms with E-state index in [9.17, 15) is 9.59 Å². The maximum atomic E-state index is 14.9. The number of amides is 2. The van der Waals surface area contributed by atoms with Crippen LogP contribution in [0.5, 0.6) is 0 Å². The van der Waals surface area contributed by atoms with Gasteiger partial charge in [-0.05, 0) is 51.9 Å². The fraction of sp³-hybridized carbons (Fsp3) is 0.0976. The molecule has 0 unspecified atom stereocenters. The van der Waals surface area contributed by atoms with E-state index in [1.807, 2.05) is 109 Å². The monoisotopic (exact) mass is 594 g/mol. The van der Waals surface area contributed by atoms with E-state index in [0.29, 0.717) is 5.69 Å². The molecule has 6 aromatic carbocycles. The second kappa shape index (κ2) is 9.11. The molecular weight excluding hydrogens is 568 g/mol. The van der Waals surface area contributed by atoms with Gasteiger partial charge in [0.25, 0.3) is 0 Å². The zero-order valence-corrected chi connectivity index (χ0v) is 24.6. The summed E-state index contributed by atoms with van der Waals surface area (Å²) >= 11 is 0. The Kier molecular flexibility index (Phi) is 5.05. The Morgan fingerprint density at radius 2 is 1.28 bits per heavy atom. The van der Waals surface area contributed by atoms with E-state index in [4.69, 9.17) is 9.41 Å². The van der Waals surface area contributed by atoms with Crippen LogP contribution in [0.3, 0.4) is 0 Å². The first-order valence-corrected chi connectivity index (χ1v) is 15.7. The normalized spacial score (nSPS) is 23.0. The Hall–Kier alpha value is -5.81. The fourth-order valence-corrected chi connectivity index (χ4v) is 8.66. The molecule has 5 heteroatoms. The van der Waals surface area contributed by atoms with Gasteiger partial charge < -0.3 is 4.42 Å². The third-order valence-electron chi connectivity index (χ3n) is 10.5. The van der Waals surface area contributed by atoms with Gasteiger partial charge >= 0.3 is 0 Å². The van der Waals surface area contributed by atoms with Crippen molar-refractivity contribution >= 4 is 62.1 Å². The quantitative estimate of drug-likeness (QED) is 0.152. The summed E-state index contributed by atoms with van der Waals surface area (Å²) in [7, 11) is 0. The maximum absolute atomic E-state index is 14.9. The van der Waals surface area contributed by atoms with Gasteiger partial charge in [0.1, 0.15) is 11.2 Å². The molecule has 218 valence electrons. The second-order valence-corrected chi connectivity index (χ2v) is 12.6. The summed E-state index contributed by atoms with van der Waals surface area (Å²) in [6.45, 7) is 0. The summed E-state index contributed by atoms with van der Waals surface area (Å²) in [6.07, 6.45) is 1.94. The first-order chi connectivity index (χ1) is 22.6. The van der Waals surface area contributed by atoms with Gasteiger partial charge in [0.2, 0.25) is 11.8 Å². The summed E-state index contributed by atoms with van der Waals surface area (Å²) in [6, 6.07) is 44.3. The number of hydrogen-bond donors (Lipinski definition) is 0. The number of rotatable bonds is 3. The SMILES string of the molecule is O=C1[C@@H]2C3c4ccccc4C(C=Nc4ccc5c(c4)oc4ccccc45)(c4ccccc43)[C@H]2C(=O)N1c1cccc2ccccc12. The highest BCUT2D eigenvalue weighted by Gasteiger charge is 2.68. The Balaban J connectivity index is 1.20. The Bertz CT molecular complexity index is 2420. The summed E-state index contributed by atoms with van der Waals surface area (Å²) in [5, 5.41) is 3.97. The van der Waals surface area contributed by atoms with E-state index in [-0.39, 0.29) is 17.7 Å². The molecule has 0 spiro atoms. The molecule has 0 radical (unpaired) electrons. The Morgan fingerprint density at radius 3 is 2.09 bits per heavy atom. The molecule has 3 aliphatic carbocycles. The van der Waals surface area contributed by atoms with Gasteiger partial charge in [-0.1, -0.05) is 103 Å². The molecule has 2 heterocycles. The van der Waals surface area contributed by atoms with Crippen molar-refractivity contribution in [3.8, 4) is 0 Å². The van der Waals surface area contributed by atoms with Crippen molar-refractivity contribution in [1.82, 2.24) is 0 Å². The van der Waals surface area contributed by atoms with Crippen LogP contribution >= 0.6 is 0 Å². The van der Waals surface area contributed by atoms with E-state index >= 15 is 0 Å². The van der Waals surface area contributed by atoms with Crippen LogP contribution in [0.1, 0.15) is 28.2 Å². The van der Waals surface area contributed by atoms with Crippen LogP contribution in [0.4, 0.5) is 11.4 Å². The highest BCUT2D eigenvalue weighted by Crippen LogP contribution is 2.64. The van der Waals surface area contributed by atoms with E-state index in [1.165, 1.54) is 4.90 Å². The molecule has 1 aromatic heterocycles. The van der Waals surface area contributed by atoms with Crippen LogP contribution in [0.2, 0.25) is 0 Å². The number of para-hydroxylation sites is 1. The lowest BCUT2D eigenvalue weighted by atomic mass is 9.47. The Morgan fingerprint density at radius 1 is 0.630 bits per heavy atom. The minimum atomic E-state index is -0.943. The average Bonchev–Trinajstić information content (AvgIpc) is 3.61. The van der Waals surface area contributed by atoms with Crippen LogP contribution < -0.4 is 4.90 Å². The first-order valence-electron chi connectivity index (χ1n) is 15.7. The molecule has 46 heavy (non-hydrogen) atoms. The largest absolute Gasteiger partial charge is 0.456 e. The third-order valence-corrected chi connectivity index (χ3v) is 10.5. The van der Waals surface area contributed by atoms with E-state index < -0.39 is 17.3 Å². The summed E-state index contributed by atoms with van der Waals surface area (Å²) in [5.74, 6) is -1.76. The van der Waals surface area contributed by atoms with Gasteiger partial charge in [-0.15, -0.1) is 0 Å². The molecule has 5 nitrogen and oxygen atoms in total. The first kappa shape index (κ1) is 25.5. The standard InChI is InChI=1S/C41H26N2O3/c44-39-37-36-29-14-3-6-16-31(29)41(32-17-7-4-15-30(32)36,23-42-25-20-21-28-27-13-5-8-19-34(27)46-35(28)22-25)38(37)40(45)43(39)33-18-9-11-24-10-1-2-12-26(24)33/h1-23,36-38H/t36?,37-,38-,41?/m1/s1. The number of imide groups is 1. The highest BCUT2D eigenvalue weighted by atomic mass is 16.3. The number of benzene rings is 6. The van der Waals surface area contributed by atoms with Crippen LogP contribution in [-0.2, 0) is 15.0 Å². The number of anilines is 1. The van der Waals surface area contributed by atoms with Crippen molar-refractivity contribution in [3.63, 3.8) is 0 Å². The van der Waals surface area contributed by atoms with E-state index in [2.05, 4.69) is 30.3 Å². The van der Waals surface area contributed by atoms with Crippen molar-refractivity contribution in [1.29, 1.82) is 0 Å². The number of fused-ring (bicyclic) bond motifs is 4. The van der Waals surface area contributed by atoms with Crippen LogP contribution in [0.25, 0.3) is 32.7 Å². The second-order valence-electron chi connectivity index (χ2n) is 12.6. The van der Waals surface area contributed by atoms with Crippen molar-refractivity contribution in [2.45, 2.75) is 11.3 Å². The van der Waals surface area contributed by atoms with Gasteiger partial charge in [-0.3, -0.25) is 14.6 Å². The molecule has 0 saturated carbocycles. The molecule has 0 N–H and O–H groups in total. The van der Waals surface area contributed by atoms with Gasteiger partial charge in [-0.25, -0.2) is 4.90 Å². The molecule has 4 aliphatic rings. The molecule has 2 amide bonds. The molecule has 7 aromatic rings. The zero-order chi connectivity index (χ0) is 30.6. The van der Waals surface area contributed by atoms with Gasteiger partial charge in [0, 0.05) is 34.4 Å². The Labute approximate surface area is 264 Å². The topological polar surface area (TPSA) is 62.9 Å². The number of furan rings is 1. The molecular formula is C41H26N2O3. The van der Waals surface area contributed by atoms with Gasteiger partial charge in [-0.2, -0.15) is 0 Å². The maximum Gasteiger partial charge on any atom is 0.239 e. The van der Waals surface area contributed by atoms with Crippen molar-refractivity contribution < 1.29 is 14.0 Å². The molecule has 1 saturated heterocycles. The predicted octanol–water partition coefficient (Wildman–Crippen LogP) is 8.69. The van der Waals surface area contributed by atoms with Crippen LogP contribution in [0.15, 0.2) is 143 Å². The fourth-order valence-electron chi connectivity index (χ4n) is 8.66. The zero-order valence-electron chi connectivity index (χ0n) is 24.6. The lowest BCUT2D eigenvalue weighted by molar-refractivity contribution is -0.122. The van der Waals surface area contributed by atoms with Crippen molar-refractivity contribution in [2.24, 2.45) is 16.8 Å². The molecule has 2 bridgehead atoms. The number of carbonyl (C=O) groups excluding carboxylic acids is 2. The molecule has 1 aliphatic heterocycles. The van der Waals surface area contributed by atoms with Crippen molar-refractivity contribution in [2.75, 3.05) is 4.90 Å². The molecule has 11 rings (SSSR count). The highest BCUT2D eigenvalue weighted by molar-refractivity contribution is 6.27. The van der Waals surface area contributed by atoms with Crippen molar-refractivity contribution in [3.05, 3.63) is 156 Å². The predicted molar refractivity (Wildman–Crippen MR) is 181 cm³/mol. The summed E-state index contributed by atoms with van der Waals surface area (Å²) < 4.78 is 6.18. The third kappa shape index (κ3) is 3.16. The minimum absolute atomic E-state index is 0.151. The lowest BCUT2D eigenvalue weighted by Gasteiger charge is -2.52. The van der Waals surface area contributed by atoms with Gasteiger partial charge in [0.05, 0.1) is 28.6 Å². The molecule has 1 fully saturated rings. The smallest absolute Gasteiger partial charge is 0.239 e. The minimum Gasteiger partial charge on any atom is -0.456 e. The molecule has 2 atom stereocenters. The van der Waals surface area contributed by atoms with Gasteiger partial charge in [0.15, 0.2) is 0 Å². The van der Waals surface area contributed by atoms with Crippen LogP contribution in [-0.4, -0.2) is 18.0 Å². The number of aliphatic imine (C=N–C) groups is 1. The number of nitrogens with zero attached hydrogens (tertiary/aromatic N) is 2.